The summed E-state index contributed by atoms with van der Waals surface area (Å²) < 4.78 is 0. The molecule has 11 heteroatoms. The van der Waals surface area contributed by atoms with Crippen LogP contribution in [0.4, 0.5) is 0 Å². The molecule has 4 unspecified atom stereocenters. The normalized spacial score (nSPS) is 15.0. The minimum Gasteiger partial charge on any atom is -0.481 e. The Morgan fingerprint density at radius 2 is 1.52 bits per heavy atom. The summed E-state index contributed by atoms with van der Waals surface area (Å²) in [6.45, 7) is 6.89. The van der Waals surface area contributed by atoms with Crippen molar-refractivity contribution in [2.75, 3.05) is 6.54 Å². The predicted octanol–water partition coefficient (Wildman–Crippen LogP) is -0.949. The molecule has 0 aromatic rings. The SMILES string of the molecule is CCC(C)C(N)C(=O)NCC(=O)NC(CC(C)C)C(=O)NC(CC(=O)O)C(=O)O. The quantitative estimate of drug-likeness (QED) is 0.221. The third-order valence-electron chi connectivity index (χ3n) is 4.34. The number of rotatable bonds is 13. The first kappa shape index (κ1) is 26.3. The van der Waals surface area contributed by atoms with Gasteiger partial charge in [-0.1, -0.05) is 34.1 Å². The van der Waals surface area contributed by atoms with Crippen LogP contribution >= 0.6 is 0 Å². The lowest BCUT2D eigenvalue weighted by Gasteiger charge is -2.23. The molecule has 0 saturated heterocycles. The fourth-order valence-corrected chi connectivity index (χ4v) is 2.39. The van der Waals surface area contributed by atoms with Crippen molar-refractivity contribution in [2.24, 2.45) is 17.6 Å². The van der Waals surface area contributed by atoms with Gasteiger partial charge in [-0.15, -0.1) is 0 Å². The van der Waals surface area contributed by atoms with E-state index in [9.17, 15) is 24.0 Å². The molecule has 0 aliphatic carbocycles. The number of carboxylic acid groups (broad SMARTS) is 2. The number of aliphatic carboxylic acids is 2. The largest absolute Gasteiger partial charge is 0.481 e. The zero-order chi connectivity index (χ0) is 22.7. The molecule has 0 bridgehead atoms. The van der Waals surface area contributed by atoms with Gasteiger partial charge in [-0.3, -0.25) is 19.2 Å². The standard InChI is InChI=1S/C18H32N4O7/c1-5-10(4)15(19)17(27)20-8-13(23)21-11(6-9(2)3)16(26)22-12(18(28)29)7-14(24)25/h9-12,15H,5-8,19H2,1-4H3,(H,20,27)(H,21,23)(H,22,26)(H,24,25)(H,28,29). The second kappa shape index (κ2) is 12.7. The summed E-state index contributed by atoms with van der Waals surface area (Å²) >= 11 is 0. The maximum Gasteiger partial charge on any atom is 0.326 e. The van der Waals surface area contributed by atoms with Gasteiger partial charge in [-0.05, 0) is 18.3 Å². The van der Waals surface area contributed by atoms with Crippen LogP contribution in [0.3, 0.4) is 0 Å². The van der Waals surface area contributed by atoms with Crippen molar-refractivity contribution >= 4 is 29.7 Å². The Labute approximate surface area is 169 Å². The molecule has 166 valence electrons. The van der Waals surface area contributed by atoms with Crippen molar-refractivity contribution in [1.29, 1.82) is 0 Å². The Hall–Kier alpha value is -2.69. The second-order valence-electron chi connectivity index (χ2n) is 7.38. The zero-order valence-corrected chi connectivity index (χ0v) is 17.2. The van der Waals surface area contributed by atoms with E-state index in [1.165, 1.54) is 0 Å². The summed E-state index contributed by atoms with van der Waals surface area (Å²) in [6.07, 6.45) is 0.0861. The van der Waals surface area contributed by atoms with Crippen LogP contribution in [0.1, 0.15) is 47.0 Å². The molecule has 0 heterocycles. The average Bonchev–Trinajstić information content (AvgIpc) is 2.62. The molecule has 0 saturated carbocycles. The topological polar surface area (TPSA) is 188 Å². The lowest BCUT2D eigenvalue weighted by atomic mass is 9.99. The van der Waals surface area contributed by atoms with Gasteiger partial charge in [0.1, 0.15) is 12.1 Å². The van der Waals surface area contributed by atoms with E-state index in [1.54, 1.807) is 13.8 Å². The van der Waals surface area contributed by atoms with Crippen molar-refractivity contribution in [3.8, 4) is 0 Å². The highest BCUT2D eigenvalue weighted by Crippen LogP contribution is 2.07. The van der Waals surface area contributed by atoms with E-state index in [2.05, 4.69) is 16.0 Å². The number of carbonyl (C=O) groups is 5. The molecule has 3 amide bonds. The van der Waals surface area contributed by atoms with Gasteiger partial charge in [0.25, 0.3) is 0 Å². The highest BCUT2D eigenvalue weighted by molar-refractivity contribution is 5.93. The van der Waals surface area contributed by atoms with E-state index in [1.807, 2.05) is 13.8 Å². The van der Waals surface area contributed by atoms with Crippen LogP contribution in [0.15, 0.2) is 0 Å². The molecule has 0 aliphatic rings. The predicted molar refractivity (Wildman–Crippen MR) is 104 cm³/mol. The number of carboxylic acids is 2. The fraction of sp³-hybridized carbons (Fsp3) is 0.722. The molecule has 11 nitrogen and oxygen atoms in total. The average molecular weight is 416 g/mol. The Morgan fingerprint density at radius 1 is 0.931 bits per heavy atom. The van der Waals surface area contributed by atoms with Crippen molar-refractivity contribution in [2.45, 2.75) is 65.1 Å². The van der Waals surface area contributed by atoms with Gasteiger partial charge < -0.3 is 31.9 Å². The third kappa shape index (κ3) is 10.4. The van der Waals surface area contributed by atoms with E-state index >= 15 is 0 Å². The Balaban J connectivity index is 4.94. The van der Waals surface area contributed by atoms with E-state index < -0.39 is 60.8 Å². The molecule has 29 heavy (non-hydrogen) atoms. The van der Waals surface area contributed by atoms with Gasteiger partial charge in [-0.2, -0.15) is 0 Å². The van der Waals surface area contributed by atoms with Crippen LogP contribution in [0.5, 0.6) is 0 Å². The number of hydrogen-bond donors (Lipinski definition) is 6. The molecule has 0 rings (SSSR count). The van der Waals surface area contributed by atoms with Crippen molar-refractivity contribution in [1.82, 2.24) is 16.0 Å². The number of nitrogens with two attached hydrogens (primary N) is 1. The smallest absolute Gasteiger partial charge is 0.326 e. The first-order chi connectivity index (χ1) is 13.4. The summed E-state index contributed by atoms with van der Waals surface area (Å²) in [7, 11) is 0. The molecule has 4 atom stereocenters. The first-order valence-corrected chi connectivity index (χ1v) is 9.46. The van der Waals surface area contributed by atoms with Gasteiger partial charge in [-0.25, -0.2) is 4.79 Å². The molecule has 0 aliphatic heterocycles. The molecule has 0 radical (unpaired) electrons. The van der Waals surface area contributed by atoms with Crippen molar-refractivity contribution < 1.29 is 34.2 Å². The van der Waals surface area contributed by atoms with E-state index in [4.69, 9.17) is 15.9 Å². The number of nitrogens with one attached hydrogen (secondary N) is 3. The Bertz CT molecular complexity index is 609. The van der Waals surface area contributed by atoms with E-state index in [0.717, 1.165) is 0 Å². The third-order valence-corrected chi connectivity index (χ3v) is 4.34. The number of carbonyl (C=O) groups excluding carboxylic acids is 3. The zero-order valence-electron chi connectivity index (χ0n) is 17.2. The summed E-state index contributed by atoms with van der Waals surface area (Å²) in [5.41, 5.74) is 5.78. The number of amides is 3. The van der Waals surface area contributed by atoms with Crippen LogP contribution in [0.25, 0.3) is 0 Å². The monoisotopic (exact) mass is 416 g/mol. The Morgan fingerprint density at radius 3 is 1.97 bits per heavy atom. The molecule has 0 aromatic heterocycles. The van der Waals surface area contributed by atoms with Crippen LogP contribution in [0.2, 0.25) is 0 Å². The lowest BCUT2D eigenvalue weighted by Crippen LogP contribution is -2.54. The van der Waals surface area contributed by atoms with Gasteiger partial charge >= 0.3 is 11.9 Å². The summed E-state index contributed by atoms with van der Waals surface area (Å²) in [4.78, 5) is 58.4. The molecule has 0 spiro atoms. The van der Waals surface area contributed by atoms with Crippen LogP contribution < -0.4 is 21.7 Å². The minimum atomic E-state index is -1.63. The van der Waals surface area contributed by atoms with E-state index in [-0.39, 0.29) is 18.3 Å². The summed E-state index contributed by atoms with van der Waals surface area (Å²) in [6, 6.07) is -3.48. The highest BCUT2D eigenvalue weighted by Gasteiger charge is 2.29. The van der Waals surface area contributed by atoms with E-state index in [0.29, 0.717) is 6.42 Å². The molecule has 7 N–H and O–H groups in total. The molecule has 0 aromatic carbocycles. The van der Waals surface area contributed by atoms with Gasteiger partial charge in [0.2, 0.25) is 17.7 Å². The Kier molecular flexibility index (Phi) is 11.5. The van der Waals surface area contributed by atoms with Gasteiger partial charge in [0.15, 0.2) is 0 Å². The second-order valence-corrected chi connectivity index (χ2v) is 7.38. The van der Waals surface area contributed by atoms with Gasteiger partial charge in [0.05, 0.1) is 19.0 Å². The van der Waals surface area contributed by atoms with Crippen LogP contribution in [-0.2, 0) is 24.0 Å². The fourth-order valence-electron chi connectivity index (χ4n) is 2.39. The summed E-state index contributed by atoms with van der Waals surface area (Å²) in [5.74, 6) is -4.94. The maximum absolute atomic E-state index is 12.4. The van der Waals surface area contributed by atoms with Crippen LogP contribution in [-0.4, -0.2) is 64.5 Å². The maximum atomic E-state index is 12.4. The molecular formula is C18H32N4O7. The molecular weight excluding hydrogens is 384 g/mol. The van der Waals surface area contributed by atoms with Crippen molar-refractivity contribution in [3.05, 3.63) is 0 Å². The minimum absolute atomic E-state index is 0.0257. The highest BCUT2D eigenvalue weighted by atomic mass is 16.4. The van der Waals surface area contributed by atoms with Crippen molar-refractivity contribution in [3.63, 3.8) is 0 Å². The lowest BCUT2D eigenvalue weighted by molar-refractivity contribution is -0.147. The summed E-state index contributed by atoms with van der Waals surface area (Å²) in [5, 5.41) is 24.8. The van der Waals surface area contributed by atoms with Crippen LogP contribution in [0, 0.1) is 11.8 Å². The van der Waals surface area contributed by atoms with Gasteiger partial charge in [0, 0.05) is 0 Å². The number of hydrogen-bond acceptors (Lipinski definition) is 6. The first-order valence-electron chi connectivity index (χ1n) is 9.46. The molecule has 0 fully saturated rings.